The summed E-state index contributed by atoms with van der Waals surface area (Å²) < 4.78 is 18.4. The van der Waals surface area contributed by atoms with Crippen LogP contribution in [0.15, 0.2) is 77.5 Å². The van der Waals surface area contributed by atoms with Crippen LogP contribution in [0.1, 0.15) is 10.4 Å². The van der Waals surface area contributed by atoms with Gasteiger partial charge in [0.2, 0.25) is 0 Å². The summed E-state index contributed by atoms with van der Waals surface area (Å²) in [5.74, 6) is -2.45. The van der Waals surface area contributed by atoms with Crippen molar-refractivity contribution in [1.82, 2.24) is 0 Å². The maximum atomic E-state index is 13.2. The Morgan fingerprint density at radius 1 is 0.879 bits per heavy atom. The van der Waals surface area contributed by atoms with Crippen molar-refractivity contribution in [1.29, 1.82) is 0 Å². The molecule has 33 heavy (non-hydrogen) atoms. The number of rotatable bonds is 5. The molecule has 0 fully saturated rings. The van der Waals surface area contributed by atoms with Crippen LogP contribution in [0.4, 0.5) is 15.8 Å². The van der Waals surface area contributed by atoms with E-state index in [4.69, 9.17) is 39.5 Å². The first-order valence-electron chi connectivity index (χ1n) is 9.33. The van der Waals surface area contributed by atoms with E-state index in [1.165, 1.54) is 54.6 Å². The monoisotopic (exact) mass is 504 g/mol. The van der Waals surface area contributed by atoms with E-state index in [9.17, 15) is 18.8 Å². The van der Waals surface area contributed by atoms with Gasteiger partial charge in [0, 0.05) is 10.7 Å². The first kappa shape index (κ1) is 22.8. The summed E-state index contributed by atoms with van der Waals surface area (Å²) in [6.45, 7) is 0. The Bertz CT molecular complexity index is 1310. The van der Waals surface area contributed by atoms with E-state index in [0.29, 0.717) is 10.7 Å². The number of ether oxygens (including phenoxy) is 1. The fourth-order valence-corrected chi connectivity index (χ4v) is 3.65. The van der Waals surface area contributed by atoms with Gasteiger partial charge in [0.25, 0.3) is 11.8 Å². The van der Waals surface area contributed by atoms with Gasteiger partial charge >= 0.3 is 5.97 Å². The average molecular weight is 506 g/mol. The molecular formula is C23H12Cl3FN2O4. The number of amides is 2. The van der Waals surface area contributed by atoms with Crippen LogP contribution in [-0.4, -0.2) is 17.8 Å². The van der Waals surface area contributed by atoms with Gasteiger partial charge in [-0.25, -0.2) is 14.1 Å². The van der Waals surface area contributed by atoms with E-state index in [-0.39, 0.29) is 32.8 Å². The highest BCUT2D eigenvalue weighted by Crippen LogP contribution is 2.31. The van der Waals surface area contributed by atoms with Crippen LogP contribution in [0.5, 0.6) is 5.75 Å². The van der Waals surface area contributed by atoms with Crippen LogP contribution in [0.3, 0.4) is 0 Å². The molecule has 0 radical (unpaired) electrons. The standard InChI is InChI=1S/C23H12Cl3FN2O4/c24-13-3-10-18(17(25)11-13)33-23(32)12-1-6-15(7-2-12)28-20-19(26)21(30)29(22(20)31)16-8-4-14(27)5-9-16/h1-11,28H. The Kier molecular flexibility index (Phi) is 6.37. The van der Waals surface area contributed by atoms with Gasteiger partial charge in [0.1, 0.15) is 22.3 Å². The van der Waals surface area contributed by atoms with E-state index in [2.05, 4.69) is 5.32 Å². The normalized spacial score (nSPS) is 13.5. The van der Waals surface area contributed by atoms with Gasteiger partial charge in [0.05, 0.1) is 16.3 Å². The maximum absolute atomic E-state index is 13.2. The first-order chi connectivity index (χ1) is 15.7. The summed E-state index contributed by atoms with van der Waals surface area (Å²) in [7, 11) is 0. The Morgan fingerprint density at radius 2 is 1.55 bits per heavy atom. The van der Waals surface area contributed by atoms with Crippen molar-refractivity contribution in [3.63, 3.8) is 0 Å². The zero-order valence-electron chi connectivity index (χ0n) is 16.4. The number of hydrogen-bond acceptors (Lipinski definition) is 5. The third kappa shape index (κ3) is 4.71. The van der Waals surface area contributed by atoms with Crippen LogP contribution in [0, 0.1) is 5.82 Å². The number of benzene rings is 3. The summed E-state index contributed by atoms with van der Waals surface area (Å²) in [6.07, 6.45) is 0. The molecule has 0 bridgehead atoms. The summed E-state index contributed by atoms with van der Waals surface area (Å²) in [6, 6.07) is 15.3. The van der Waals surface area contributed by atoms with Gasteiger partial charge in [-0.3, -0.25) is 9.59 Å². The number of nitrogens with zero attached hydrogens (tertiary/aromatic N) is 1. The van der Waals surface area contributed by atoms with Crippen LogP contribution in [0.2, 0.25) is 10.0 Å². The second kappa shape index (κ2) is 9.23. The molecule has 1 aliphatic heterocycles. The molecule has 0 saturated carbocycles. The minimum atomic E-state index is -0.740. The van der Waals surface area contributed by atoms with Gasteiger partial charge in [-0.15, -0.1) is 0 Å². The molecule has 10 heteroatoms. The lowest BCUT2D eigenvalue weighted by molar-refractivity contribution is -0.120. The summed E-state index contributed by atoms with van der Waals surface area (Å²) in [5, 5.41) is 3.06. The Labute approximate surface area is 202 Å². The molecule has 0 spiro atoms. The van der Waals surface area contributed by atoms with E-state index in [0.717, 1.165) is 17.0 Å². The molecule has 0 aromatic heterocycles. The number of imide groups is 1. The third-order valence-corrected chi connectivity index (χ3v) is 5.48. The van der Waals surface area contributed by atoms with Crippen LogP contribution < -0.4 is 15.0 Å². The van der Waals surface area contributed by atoms with Gasteiger partial charge in [-0.2, -0.15) is 0 Å². The molecule has 0 aliphatic carbocycles. The summed E-state index contributed by atoms with van der Waals surface area (Å²) in [5.41, 5.74) is 0.648. The highest BCUT2D eigenvalue weighted by molar-refractivity contribution is 6.53. The molecule has 1 N–H and O–H groups in total. The SMILES string of the molecule is O=C(Oc1ccc(Cl)cc1Cl)c1ccc(NC2=C(Cl)C(=O)N(c3ccc(F)cc3)C2=O)cc1. The van der Waals surface area contributed by atoms with Crippen molar-refractivity contribution in [2.45, 2.75) is 0 Å². The third-order valence-electron chi connectivity index (χ3n) is 4.60. The number of esters is 1. The number of carbonyl (C=O) groups is 3. The van der Waals surface area contributed by atoms with E-state index >= 15 is 0 Å². The second-order valence-corrected chi connectivity index (χ2v) is 8.00. The smallest absolute Gasteiger partial charge is 0.343 e. The molecule has 4 rings (SSSR count). The van der Waals surface area contributed by atoms with Gasteiger partial charge in [-0.1, -0.05) is 34.8 Å². The molecule has 0 saturated heterocycles. The van der Waals surface area contributed by atoms with E-state index < -0.39 is 23.6 Å². The zero-order chi connectivity index (χ0) is 23.7. The lowest BCUT2D eigenvalue weighted by Gasteiger charge is -2.15. The Hall–Kier alpha value is -3.39. The molecule has 1 heterocycles. The highest BCUT2D eigenvalue weighted by atomic mass is 35.5. The van der Waals surface area contributed by atoms with Crippen molar-refractivity contribution in [3.05, 3.63) is 98.9 Å². The quantitative estimate of drug-likeness (QED) is 0.270. The predicted molar refractivity (Wildman–Crippen MR) is 123 cm³/mol. The van der Waals surface area contributed by atoms with Crippen LogP contribution in [0.25, 0.3) is 0 Å². The van der Waals surface area contributed by atoms with Gasteiger partial charge < -0.3 is 10.1 Å². The molecule has 6 nitrogen and oxygen atoms in total. The molecule has 3 aromatic carbocycles. The minimum absolute atomic E-state index is 0.144. The van der Waals surface area contributed by atoms with Crippen molar-refractivity contribution in [2.75, 3.05) is 10.2 Å². The van der Waals surface area contributed by atoms with Gasteiger partial charge in [-0.05, 0) is 66.7 Å². The number of carbonyl (C=O) groups excluding carboxylic acids is 3. The van der Waals surface area contributed by atoms with Crippen molar-refractivity contribution in [3.8, 4) is 5.75 Å². The van der Waals surface area contributed by atoms with Crippen LogP contribution >= 0.6 is 34.8 Å². The lowest BCUT2D eigenvalue weighted by Crippen LogP contribution is -2.32. The van der Waals surface area contributed by atoms with Crippen molar-refractivity contribution in [2.24, 2.45) is 0 Å². The molecule has 0 atom stereocenters. The van der Waals surface area contributed by atoms with Gasteiger partial charge in [0.15, 0.2) is 0 Å². The molecule has 2 amide bonds. The largest absolute Gasteiger partial charge is 0.421 e. The van der Waals surface area contributed by atoms with Crippen molar-refractivity contribution < 1.29 is 23.5 Å². The van der Waals surface area contributed by atoms with E-state index in [1.807, 2.05) is 0 Å². The maximum Gasteiger partial charge on any atom is 0.343 e. The number of anilines is 2. The van der Waals surface area contributed by atoms with Crippen LogP contribution in [-0.2, 0) is 9.59 Å². The summed E-state index contributed by atoms with van der Waals surface area (Å²) >= 11 is 17.9. The number of halogens is 4. The van der Waals surface area contributed by atoms with E-state index in [1.54, 1.807) is 0 Å². The lowest BCUT2D eigenvalue weighted by atomic mass is 10.2. The number of hydrogen-bond donors (Lipinski definition) is 1. The molecular weight excluding hydrogens is 494 g/mol. The minimum Gasteiger partial charge on any atom is -0.421 e. The average Bonchev–Trinajstić information content (AvgIpc) is 3.00. The first-order valence-corrected chi connectivity index (χ1v) is 10.5. The van der Waals surface area contributed by atoms with Crippen molar-refractivity contribution >= 4 is 64.0 Å². The molecule has 3 aromatic rings. The molecule has 1 aliphatic rings. The second-order valence-electron chi connectivity index (χ2n) is 6.78. The highest BCUT2D eigenvalue weighted by Gasteiger charge is 2.38. The summed E-state index contributed by atoms with van der Waals surface area (Å²) in [4.78, 5) is 38.4. The fourth-order valence-electron chi connectivity index (χ4n) is 2.99. The fraction of sp³-hybridized carbons (Fsp3) is 0. The predicted octanol–water partition coefficient (Wildman–Crippen LogP) is 5.79. The Balaban J connectivity index is 1.48. The number of nitrogens with one attached hydrogen (secondary N) is 1. The zero-order valence-corrected chi connectivity index (χ0v) is 18.7. The Morgan fingerprint density at radius 3 is 2.18 bits per heavy atom. The molecule has 166 valence electrons. The molecule has 0 unspecified atom stereocenters. The topological polar surface area (TPSA) is 75.7 Å².